The van der Waals surface area contributed by atoms with Crippen LogP contribution in [0, 0.1) is 6.92 Å². The third-order valence-electron chi connectivity index (χ3n) is 3.92. The molecule has 7 heteroatoms. The first-order valence-electron chi connectivity index (χ1n) is 8.56. The molecule has 0 fully saturated rings. The normalized spacial score (nSPS) is 11.9. The van der Waals surface area contributed by atoms with Crippen LogP contribution in [0.2, 0.25) is 5.02 Å². The number of benzene rings is 2. The first kappa shape index (κ1) is 19.5. The van der Waals surface area contributed by atoms with Gasteiger partial charge in [0.25, 0.3) is 0 Å². The zero-order chi connectivity index (χ0) is 19.1. The number of thioether (sulfide) groups is 1. The third kappa shape index (κ3) is 6.12. The van der Waals surface area contributed by atoms with Crippen LogP contribution in [0.4, 0.5) is 0 Å². The van der Waals surface area contributed by atoms with Crippen LogP contribution in [-0.2, 0) is 17.0 Å². The van der Waals surface area contributed by atoms with Crippen LogP contribution < -0.4 is 5.32 Å². The Morgan fingerprint density at radius 1 is 1.19 bits per heavy atom. The highest BCUT2D eigenvalue weighted by Gasteiger charge is 2.15. The molecule has 27 heavy (non-hydrogen) atoms. The van der Waals surface area contributed by atoms with Gasteiger partial charge in [-0.25, -0.2) is 0 Å². The summed E-state index contributed by atoms with van der Waals surface area (Å²) in [5.41, 5.74) is 2.18. The number of aryl methyl sites for hydroxylation is 1. The third-order valence-corrected chi connectivity index (χ3v) is 5.10. The van der Waals surface area contributed by atoms with Gasteiger partial charge in [0.1, 0.15) is 0 Å². The molecular formula is C20H20ClN3O2S. The van der Waals surface area contributed by atoms with Crippen molar-refractivity contribution < 1.29 is 9.32 Å². The molecule has 2 aromatic carbocycles. The number of nitrogens with one attached hydrogen (secondary N) is 1. The number of hydrogen-bond acceptors (Lipinski definition) is 5. The fourth-order valence-corrected chi connectivity index (χ4v) is 3.46. The van der Waals surface area contributed by atoms with Crippen LogP contribution in [0.15, 0.2) is 59.1 Å². The Balaban J connectivity index is 1.60. The van der Waals surface area contributed by atoms with Crippen LogP contribution >= 0.6 is 23.4 Å². The molecule has 1 unspecified atom stereocenters. The van der Waals surface area contributed by atoms with E-state index in [0.717, 1.165) is 11.1 Å². The monoisotopic (exact) mass is 401 g/mol. The number of rotatable bonds is 8. The SMILES string of the molecule is Cc1nc(CSCC(=O)NC(Cc2ccc(Cl)cc2)c2ccccc2)no1. The van der Waals surface area contributed by atoms with Gasteiger partial charge in [-0.1, -0.05) is 59.2 Å². The van der Waals surface area contributed by atoms with Crippen LogP contribution in [0.25, 0.3) is 0 Å². The number of aromatic nitrogens is 2. The maximum atomic E-state index is 12.4. The van der Waals surface area contributed by atoms with Crippen LogP contribution in [0.5, 0.6) is 0 Å². The molecule has 0 radical (unpaired) electrons. The van der Waals surface area contributed by atoms with Crippen LogP contribution in [-0.4, -0.2) is 21.8 Å². The summed E-state index contributed by atoms with van der Waals surface area (Å²) in [6.07, 6.45) is 0.696. The van der Waals surface area contributed by atoms with E-state index in [1.807, 2.05) is 54.6 Å². The van der Waals surface area contributed by atoms with E-state index in [9.17, 15) is 4.79 Å². The van der Waals surface area contributed by atoms with E-state index in [0.29, 0.717) is 34.7 Å². The number of carbonyl (C=O) groups is 1. The molecule has 3 aromatic rings. The van der Waals surface area contributed by atoms with Crippen molar-refractivity contribution in [2.45, 2.75) is 25.1 Å². The zero-order valence-electron chi connectivity index (χ0n) is 14.9. The fraction of sp³-hybridized carbons (Fsp3) is 0.250. The van der Waals surface area contributed by atoms with Gasteiger partial charge in [0.05, 0.1) is 17.5 Å². The molecular weight excluding hydrogens is 382 g/mol. The Hall–Kier alpha value is -2.31. The van der Waals surface area contributed by atoms with Crippen molar-refractivity contribution in [1.29, 1.82) is 0 Å². The molecule has 5 nitrogen and oxygen atoms in total. The lowest BCUT2D eigenvalue weighted by Gasteiger charge is -2.19. The van der Waals surface area contributed by atoms with Gasteiger partial charge in [-0.3, -0.25) is 4.79 Å². The van der Waals surface area contributed by atoms with E-state index in [1.165, 1.54) is 11.8 Å². The summed E-state index contributed by atoms with van der Waals surface area (Å²) < 4.78 is 4.93. The lowest BCUT2D eigenvalue weighted by Crippen LogP contribution is -2.31. The smallest absolute Gasteiger partial charge is 0.230 e. The Labute approximate surface area is 167 Å². The highest BCUT2D eigenvalue weighted by atomic mass is 35.5. The summed E-state index contributed by atoms with van der Waals surface area (Å²) in [5, 5.41) is 7.67. The minimum absolute atomic E-state index is 0.0250. The minimum atomic E-state index is -0.104. The van der Waals surface area contributed by atoms with Gasteiger partial charge in [-0.15, -0.1) is 11.8 Å². The molecule has 0 aliphatic heterocycles. The largest absolute Gasteiger partial charge is 0.348 e. The molecule has 1 N–H and O–H groups in total. The average Bonchev–Trinajstić information content (AvgIpc) is 3.09. The molecule has 3 rings (SSSR count). The van der Waals surface area contributed by atoms with Crippen molar-refractivity contribution in [3.8, 4) is 0 Å². The highest BCUT2D eigenvalue weighted by Crippen LogP contribution is 2.20. The molecule has 0 aliphatic carbocycles. The molecule has 0 spiro atoms. The van der Waals surface area contributed by atoms with E-state index in [-0.39, 0.29) is 11.9 Å². The maximum Gasteiger partial charge on any atom is 0.230 e. The van der Waals surface area contributed by atoms with Crippen molar-refractivity contribution in [2.24, 2.45) is 0 Å². The highest BCUT2D eigenvalue weighted by molar-refractivity contribution is 7.99. The standard InChI is InChI=1S/C20H20ClN3O2S/c1-14-22-19(24-26-14)12-27-13-20(25)23-18(16-5-3-2-4-6-16)11-15-7-9-17(21)10-8-15/h2-10,18H,11-13H2,1H3,(H,23,25). The number of hydrogen-bond donors (Lipinski definition) is 1. The Bertz CT molecular complexity index is 868. The predicted octanol–water partition coefficient (Wildman–Crippen LogP) is 4.36. The first-order valence-corrected chi connectivity index (χ1v) is 10.1. The Morgan fingerprint density at radius 3 is 2.59 bits per heavy atom. The van der Waals surface area contributed by atoms with Crippen molar-refractivity contribution in [1.82, 2.24) is 15.5 Å². The van der Waals surface area contributed by atoms with Gasteiger partial charge in [0, 0.05) is 11.9 Å². The van der Waals surface area contributed by atoms with Crippen LogP contribution in [0.1, 0.15) is 28.9 Å². The van der Waals surface area contributed by atoms with Gasteiger partial charge in [0.2, 0.25) is 11.8 Å². The van der Waals surface area contributed by atoms with E-state index in [2.05, 4.69) is 15.5 Å². The number of nitrogens with zero attached hydrogens (tertiary/aromatic N) is 2. The summed E-state index contributed by atoms with van der Waals surface area (Å²) in [7, 11) is 0. The second-order valence-corrected chi connectivity index (χ2v) is 7.51. The van der Waals surface area contributed by atoms with E-state index < -0.39 is 0 Å². The topological polar surface area (TPSA) is 68.0 Å². The van der Waals surface area contributed by atoms with Crippen LogP contribution in [0.3, 0.4) is 0 Å². The second-order valence-electron chi connectivity index (χ2n) is 6.08. The molecule has 1 heterocycles. The summed E-state index contributed by atoms with van der Waals surface area (Å²) in [4.78, 5) is 16.6. The quantitative estimate of drug-likeness (QED) is 0.607. The number of halogens is 1. The summed E-state index contributed by atoms with van der Waals surface area (Å²) in [5.74, 6) is 1.98. The predicted molar refractivity (Wildman–Crippen MR) is 108 cm³/mol. The lowest BCUT2D eigenvalue weighted by molar-refractivity contribution is -0.119. The van der Waals surface area contributed by atoms with Crippen molar-refractivity contribution in [3.05, 3.63) is 82.5 Å². The van der Waals surface area contributed by atoms with Crippen molar-refractivity contribution in [2.75, 3.05) is 5.75 Å². The molecule has 0 aliphatic rings. The number of carbonyl (C=O) groups excluding carboxylic acids is 1. The summed E-state index contributed by atoms with van der Waals surface area (Å²) >= 11 is 7.43. The second kappa shape index (κ2) is 9.58. The fourth-order valence-electron chi connectivity index (χ4n) is 2.66. The van der Waals surface area contributed by atoms with Gasteiger partial charge in [-0.2, -0.15) is 4.98 Å². The molecule has 0 saturated carbocycles. The van der Waals surface area contributed by atoms with E-state index in [4.69, 9.17) is 16.1 Å². The first-order chi connectivity index (χ1) is 13.1. The summed E-state index contributed by atoms with van der Waals surface area (Å²) in [6, 6.07) is 17.6. The van der Waals surface area contributed by atoms with Gasteiger partial charge >= 0.3 is 0 Å². The van der Waals surface area contributed by atoms with Crippen molar-refractivity contribution >= 4 is 29.3 Å². The Kier molecular flexibility index (Phi) is 6.90. The molecule has 1 amide bonds. The van der Waals surface area contributed by atoms with E-state index in [1.54, 1.807) is 6.92 Å². The minimum Gasteiger partial charge on any atom is -0.348 e. The lowest BCUT2D eigenvalue weighted by atomic mass is 9.99. The van der Waals surface area contributed by atoms with Gasteiger partial charge in [0.15, 0.2) is 5.82 Å². The zero-order valence-corrected chi connectivity index (χ0v) is 16.5. The Morgan fingerprint density at radius 2 is 1.93 bits per heavy atom. The van der Waals surface area contributed by atoms with Gasteiger partial charge in [-0.05, 0) is 29.7 Å². The molecule has 1 aromatic heterocycles. The molecule has 1 atom stereocenters. The molecule has 0 saturated heterocycles. The van der Waals surface area contributed by atoms with Crippen molar-refractivity contribution in [3.63, 3.8) is 0 Å². The van der Waals surface area contributed by atoms with Gasteiger partial charge < -0.3 is 9.84 Å². The molecule has 0 bridgehead atoms. The van der Waals surface area contributed by atoms with E-state index >= 15 is 0 Å². The maximum absolute atomic E-state index is 12.4. The summed E-state index contributed by atoms with van der Waals surface area (Å²) in [6.45, 7) is 1.75. The average molecular weight is 402 g/mol. The molecule has 140 valence electrons. The number of amides is 1.